The van der Waals surface area contributed by atoms with Crippen LogP contribution in [0.4, 0.5) is 0 Å². The van der Waals surface area contributed by atoms with E-state index in [1.165, 1.54) is 5.39 Å². The van der Waals surface area contributed by atoms with Crippen molar-refractivity contribution in [3.8, 4) is 11.4 Å². The van der Waals surface area contributed by atoms with Crippen LogP contribution in [0.2, 0.25) is 0 Å². The molecule has 96 valence electrons. The quantitative estimate of drug-likeness (QED) is 0.522. The number of nitrogens with zero attached hydrogens (tertiary/aromatic N) is 3. The molecular formula is C16H10BrN3. The Morgan fingerprint density at radius 2 is 1.65 bits per heavy atom. The molecule has 4 aromatic rings. The fourth-order valence-electron chi connectivity index (χ4n) is 2.41. The summed E-state index contributed by atoms with van der Waals surface area (Å²) in [6.45, 7) is 0. The number of fused-ring (bicyclic) bond motifs is 3. The van der Waals surface area contributed by atoms with Gasteiger partial charge in [-0.2, -0.15) is 0 Å². The predicted molar refractivity (Wildman–Crippen MR) is 83.6 cm³/mol. The highest BCUT2D eigenvalue weighted by atomic mass is 79.9. The fourth-order valence-corrected chi connectivity index (χ4v) is 2.68. The highest BCUT2D eigenvalue weighted by Gasteiger charge is 2.10. The smallest absolute Gasteiger partial charge is 0.168 e. The third-order valence-corrected chi connectivity index (χ3v) is 3.93. The molecular weight excluding hydrogens is 314 g/mol. The van der Waals surface area contributed by atoms with Crippen molar-refractivity contribution in [2.24, 2.45) is 0 Å². The van der Waals surface area contributed by atoms with Gasteiger partial charge >= 0.3 is 0 Å². The lowest BCUT2D eigenvalue weighted by Gasteiger charge is -2.02. The van der Waals surface area contributed by atoms with Gasteiger partial charge in [0.15, 0.2) is 11.5 Å². The van der Waals surface area contributed by atoms with E-state index in [0.29, 0.717) is 0 Å². The van der Waals surface area contributed by atoms with Gasteiger partial charge < -0.3 is 0 Å². The number of rotatable bonds is 1. The van der Waals surface area contributed by atoms with E-state index in [1.807, 2.05) is 47.0 Å². The second-order valence-corrected chi connectivity index (χ2v) is 5.54. The average Bonchev–Trinajstić information content (AvgIpc) is 2.92. The number of aromatic nitrogens is 3. The fraction of sp³-hybridized carbons (Fsp3) is 0. The maximum Gasteiger partial charge on any atom is 0.168 e. The molecule has 0 saturated heterocycles. The second kappa shape index (κ2) is 4.42. The van der Waals surface area contributed by atoms with Crippen molar-refractivity contribution in [2.75, 3.05) is 0 Å². The molecule has 4 heteroatoms. The van der Waals surface area contributed by atoms with Gasteiger partial charge in [0.2, 0.25) is 0 Å². The Kier molecular flexibility index (Phi) is 2.57. The largest absolute Gasteiger partial charge is 0.282 e. The molecule has 0 unspecified atom stereocenters. The Morgan fingerprint density at radius 3 is 2.50 bits per heavy atom. The molecule has 0 spiro atoms. The van der Waals surface area contributed by atoms with Gasteiger partial charge in [-0.05, 0) is 23.6 Å². The molecule has 0 N–H and O–H groups in total. The van der Waals surface area contributed by atoms with Crippen LogP contribution in [0.15, 0.2) is 65.3 Å². The Morgan fingerprint density at radius 1 is 0.850 bits per heavy atom. The molecule has 0 saturated carbocycles. The minimum atomic E-state index is 0.859. The molecule has 0 aliphatic carbocycles. The van der Waals surface area contributed by atoms with Gasteiger partial charge in [0, 0.05) is 21.6 Å². The minimum absolute atomic E-state index is 0.859. The molecule has 0 amide bonds. The minimum Gasteiger partial charge on any atom is -0.282 e. The molecule has 3 nitrogen and oxygen atoms in total. The molecule has 2 aromatic heterocycles. The summed E-state index contributed by atoms with van der Waals surface area (Å²) in [7, 11) is 0. The summed E-state index contributed by atoms with van der Waals surface area (Å²) in [5, 5.41) is 11.0. The summed E-state index contributed by atoms with van der Waals surface area (Å²) in [5.41, 5.74) is 1.94. The number of hydrogen-bond donors (Lipinski definition) is 0. The highest BCUT2D eigenvalue weighted by Crippen LogP contribution is 2.24. The second-order valence-electron chi connectivity index (χ2n) is 4.63. The van der Waals surface area contributed by atoms with E-state index >= 15 is 0 Å². The summed E-state index contributed by atoms with van der Waals surface area (Å²) in [6.07, 6.45) is 2.02. The Balaban J connectivity index is 2.02. The zero-order valence-electron chi connectivity index (χ0n) is 10.5. The van der Waals surface area contributed by atoms with E-state index in [2.05, 4.69) is 44.3 Å². The van der Waals surface area contributed by atoms with Gasteiger partial charge in [0.25, 0.3) is 0 Å². The third kappa shape index (κ3) is 1.72. The first-order chi connectivity index (χ1) is 9.83. The van der Waals surface area contributed by atoms with Crippen molar-refractivity contribution < 1.29 is 0 Å². The van der Waals surface area contributed by atoms with Crippen LogP contribution in [0.1, 0.15) is 0 Å². The zero-order chi connectivity index (χ0) is 13.5. The van der Waals surface area contributed by atoms with E-state index in [9.17, 15) is 0 Å². The Labute approximate surface area is 124 Å². The van der Waals surface area contributed by atoms with Crippen LogP contribution < -0.4 is 0 Å². The Bertz CT molecular complexity index is 910. The first-order valence-electron chi connectivity index (χ1n) is 6.31. The van der Waals surface area contributed by atoms with Crippen molar-refractivity contribution in [1.29, 1.82) is 0 Å². The first kappa shape index (κ1) is 11.6. The SMILES string of the molecule is Brc1ccc(-c2nnc3c4ccccc4ccn23)cc1. The van der Waals surface area contributed by atoms with Crippen LogP contribution in [0.5, 0.6) is 0 Å². The lowest BCUT2D eigenvalue weighted by Crippen LogP contribution is -1.89. The van der Waals surface area contributed by atoms with Crippen LogP contribution in [-0.2, 0) is 0 Å². The number of benzene rings is 2. The topological polar surface area (TPSA) is 30.2 Å². The summed E-state index contributed by atoms with van der Waals surface area (Å²) >= 11 is 3.45. The molecule has 0 atom stereocenters. The first-order valence-corrected chi connectivity index (χ1v) is 7.11. The van der Waals surface area contributed by atoms with Crippen molar-refractivity contribution in [2.45, 2.75) is 0 Å². The molecule has 0 fully saturated rings. The van der Waals surface area contributed by atoms with Gasteiger partial charge in [-0.25, -0.2) is 0 Å². The van der Waals surface area contributed by atoms with Crippen LogP contribution >= 0.6 is 15.9 Å². The van der Waals surface area contributed by atoms with Crippen molar-refractivity contribution in [1.82, 2.24) is 14.6 Å². The van der Waals surface area contributed by atoms with E-state index in [4.69, 9.17) is 0 Å². The van der Waals surface area contributed by atoms with Crippen molar-refractivity contribution in [3.63, 3.8) is 0 Å². The van der Waals surface area contributed by atoms with Crippen molar-refractivity contribution in [3.05, 3.63) is 65.3 Å². The monoisotopic (exact) mass is 323 g/mol. The molecule has 0 aliphatic rings. The molecule has 2 aromatic carbocycles. The molecule has 20 heavy (non-hydrogen) atoms. The van der Waals surface area contributed by atoms with Crippen molar-refractivity contribution >= 4 is 32.3 Å². The third-order valence-electron chi connectivity index (χ3n) is 3.40. The number of hydrogen-bond acceptors (Lipinski definition) is 2. The summed E-state index contributed by atoms with van der Waals surface area (Å²) in [6, 6.07) is 18.4. The lowest BCUT2D eigenvalue weighted by atomic mass is 10.1. The zero-order valence-corrected chi connectivity index (χ0v) is 12.1. The van der Waals surface area contributed by atoms with Crippen LogP contribution in [0, 0.1) is 0 Å². The molecule has 0 bridgehead atoms. The van der Waals surface area contributed by atoms with E-state index in [-0.39, 0.29) is 0 Å². The molecule has 0 radical (unpaired) electrons. The number of halogens is 1. The summed E-state index contributed by atoms with van der Waals surface area (Å²) in [4.78, 5) is 0. The molecule has 2 heterocycles. The Hall–Kier alpha value is -2.20. The highest BCUT2D eigenvalue weighted by molar-refractivity contribution is 9.10. The van der Waals surface area contributed by atoms with E-state index in [0.717, 1.165) is 26.9 Å². The molecule has 4 rings (SSSR count). The standard InChI is InChI=1S/C16H10BrN3/c17-13-7-5-12(6-8-13)15-18-19-16-14-4-2-1-3-11(14)9-10-20(15)16/h1-10H. The lowest BCUT2D eigenvalue weighted by molar-refractivity contribution is 1.11. The summed E-state index contributed by atoms with van der Waals surface area (Å²) in [5.74, 6) is 0.859. The van der Waals surface area contributed by atoms with Crippen LogP contribution in [-0.4, -0.2) is 14.6 Å². The maximum atomic E-state index is 4.35. The average molecular weight is 324 g/mol. The summed E-state index contributed by atoms with van der Waals surface area (Å²) < 4.78 is 3.09. The van der Waals surface area contributed by atoms with E-state index < -0.39 is 0 Å². The number of pyridine rings is 1. The normalized spacial score (nSPS) is 11.2. The van der Waals surface area contributed by atoms with Gasteiger partial charge in [-0.1, -0.05) is 52.3 Å². The van der Waals surface area contributed by atoms with Gasteiger partial charge in [-0.15, -0.1) is 10.2 Å². The maximum absolute atomic E-state index is 4.35. The van der Waals surface area contributed by atoms with Crippen LogP contribution in [0.3, 0.4) is 0 Å². The van der Waals surface area contributed by atoms with Crippen LogP contribution in [0.25, 0.3) is 27.8 Å². The van der Waals surface area contributed by atoms with Gasteiger partial charge in [-0.3, -0.25) is 4.40 Å². The van der Waals surface area contributed by atoms with Gasteiger partial charge in [0.05, 0.1) is 0 Å². The van der Waals surface area contributed by atoms with E-state index in [1.54, 1.807) is 0 Å². The predicted octanol–water partition coefficient (Wildman–Crippen LogP) is 4.31. The van der Waals surface area contributed by atoms with Gasteiger partial charge in [0.1, 0.15) is 0 Å². The molecule has 0 aliphatic heterocycles.